The molecule has 0 fully saturated rings. The Morgan fingerprint density at radius 3 is 2.55 bits per heavy atom. The first-order chi connectivity index (χ1) is 10.9. The molecule has 2 aromatic carbocycles. The SMILES string of the molecule is OCc1nc(-c2nn(-c3ccccc3)c3ccccc23)cs1. The van der Waals surface area contributed by atoms with Gasteiger partial charge >= 0.3 is 0 Å². The molecule has 4 aromatic rings. The van der Waals surface area contributed by atoms with Gasteiger partial charge in [0.15, 0.2) is 0 Å². The Kier molecular flexibility index (Phi) is 3.21. The number of nitrogens with zero attached hydrogens (tertiary/aromatic N) is 3. The molecule has 0 radical (unpaired) electrons. The molecule has 0 amide bonds. The summed E-state index contributed by atoms with van der Waals surface area (Å²) in [6.07, 6.45) is 0. The van der Waals surface area contributed by atoms with Gasteiger partial charge in [-0.05, 0) is 18.2 Å². The van der Waals surface area contributed by atoms with Crippen LogP contribution in [-0.2, 0) is 6.61 Å². The Hall–Kier alpha value is -2.50. The number of benzene rings is 2. The van der Waals surface area contributed by atoms with Crippen LogP contribution in [0.1, 0.15) is 5.01 Å². The zero-order valence-electron chi connectivity index (χ0n) is 11.7. The molecule has 5 heteroatoms. The highest BCUT2D eigenvalue weighted by molar-refractivity contribution is 7.09. The van der Waals surface area contributed by atoms with Gasteiger partial charge in [-0.15, -0.1) is 11.3 Å². The summed E-state index contributed by atoms with van der Waals surface area (Å²) in [5, 5.41) is 17.7. The number of hydrogen-bond acceptors (Lipinski definition) is 4. The van der Waals surface area contributed by atoms with E-state index in [2.05, 4.69) is 17.1 Å². The van der Waals surface area contributed by atoms with Gasteiger partial charge in [0, 0.05) is 10.8 Å². The molecule has 4 rings (SSSR count). The third-order valence-corrected chi connectivity index (χ3v) is 4.35. The van der Waals surface area contributed by atoms with Crippen LogP contribution in [0.3, 0.4) is 0 Å². The maximum Gasteiger partial charge on any atom is 0.120 e. The monoisotopic (exact) mass is 307 g/mol. The van der Waals surface area contributed by atoms with E-state index in [0.29, 0.717) is 5.01 Å². The Morgan fingerprint density at radius 2 is 1.77 bits per heavy atom. The summed E-state index contributed by atoms with van der Waals surface area (Å²) in [7, 11) is 0. The van der Waals surface area contributed by atoms with Crippen LogP contribution in [0.25, 0.3) is 28.0 Å². The predicted octanol–water partition coefficient (Wildman–Crippen LogP) is 3.64. The van der Waals surface area contributed by atoms with Gasteiger partial charge in [-0.2, -0.15) is 5.10 Å². The van der Waals surface area contributed by atoms with Crippen molar-refractivity contribution in [3.63, 3.8) is 0 Å². The van der Waals surface area contributed by atoms with Crippen molar-refractivity contribution in [2.45, 2.75) is 6.61 Å². The summed E-state index contributed by atoms with van der Waals surface area (Å²) in [6, 6.07) is 18.2. The van der Waals surface area contributed by atoms with Crippen LogP contribution in [0.2, 0.25) is 0 Å². The average Bonchev–Trinajstić information content (AvgIpc) is 3.20. The zero-order chi connectivity index (χ0) is 14.9. The van der Waals surface area contributed by atoms with Crippen molar-refractivity contribution < 1.29 is 5.11 Å². The predicted molar refractivity (Wildman–Crippen MR) is 88.1 cm³/mol. The minimum atomic E-state index is -0.0397. The molecule has 4 nitrogen and oxygen atoms in total. The molecule has 0 aliphatic rings. The largest absolute Gasteiger partial charge is 0.389 e. The summed E-state index contributed by atoms with van der Waals surface area (Å²) in [5.41, 5.74) is 3.71. The molecule has 0 saturated carbocycles. The van der Waals surface area contributed by atoms with E-state index in [1.54, 1.807) is 0 Å². The van der Waals surface area contributed by atoms with Crippen LogP contribution in [0.4, 0.5) is 0 Å². The molecule has 0 bridgehead atoms. The molecule has 1 N–H and O–H groups in total. The smallest absolute Gasteiger partial charge is 0.120 e. The maximum atomic E-state index is 9.22. The molecule has 0 saturated heterocycles. The van der Waals surface area contributed by atoms with Crippen molar-refractivity contribution in [1.82, 2.24) is 14.8 Å². The van der Waals surface area contributed by atoms with Crippen molar-refractivity contribution in [2.24, 2.45) is 0 Å². The summed E-state index contributed by atoms with van der Waals surface area (Å²) in [6.45, 7) is -0.0397. The van der Waals surface area contributed by atoms with Crippen LogP contribution >= 0.6 is 11.3 Å². The second-order valence-corrected chi connectivity index (χ2v) is 5.84. The lowest BCUT2D eigenvalue weighted by atomic mass is 10.2. The van der Waals surface area contributed by atoms with E-state index in [0.717, 1.165) is 28.0 Å². The quantitative estimate of drug-likeness (QED) is 0.628. The number of thiazole rings is 1. The van der Waals surface area contributed by atoms with E-state index in [-0.39, 0.29) is 6.61 Å². The van der Waals surface area contributed by atoms with Crippen molar-refractivity contribution >= 4 is 22.2 Å². The molecule has 0 aliphatic carbocycles. The van der Waals surface area contributed by atoms with Gasteiger partial charge in [0.1, 0.15) is 16.4 Å². The highest BCUT2D eigenvalue weighted by Gasteiger charge is 2.15. The van der Waals surface area contributed by atoms with Gasteiger partial charge in [-0.3, -0.25) is 0 Å². The van der Waals surface area contributed by atoms with Crippen molar-refractivity contribution in [3.05, 3.63) is 65.0 Å². The standard InChI is InChI=1S/C17H13N3OS/c21-10-16-18-14(11-22-16)17-13-8-4-5-9-15(13)20(19-17)12-6-2-1-3-7-12/h1-9,11,21H,10H2. The van der Waals surface area contributed by atoms with Crippen molar-refractivity contribution in [3.8, 4) is 17.1 Å². The fourth-order valence-electron chi connectivity index (χ4n) is 2.51. The van der Waals surface area contributed by atoms with Gasteiger partial charge in [-0.1, -0.05) is 36.4 Å². The van der Waals surface area contributed by atoms with Crippen LogP contribution < -0.4 is 0 Å². The Balaban J connectivity index is 1.97. The minimum Gasteiger partial charge on any atom is -0.389 e. The molecule has 2 aromatic heterocycles. The normalized spacial score (nSPS) is 11.1. The molecule has 108 valence electrons. The van der Waals surface area contributed by atoms with Crippen molar-refractivity contribution in [1.29, 1.82) is 0 Å². The Morgan fingerprint density at radius 1 is 1.00 bits per heavy atom. The van der Waals surface area contributed by atoms with E-state index in [9.17, 15) is 5.11 Å². The second kappa shape index (κ2) is 5.36. The van der Waals surface area contributed by atoms with Crippen LogP contribution in [0.5, 0.6) is 0 Å². The number of aromatic nitrogens is 3. The highest BCUT2D eigenvalue weighted by Crippen LogP contribution is 2.30. The summed E-state index contributed by atoms with van der Waals surface area (Å²) in [4.78, 5) is 4.45. The second-order valence-electron chi connectivity index (χ2n) is 4.90. The number of aliphatic hydroxyl groups is 1. The van der Waals surface area contributed by atoms with E-state index in [4.69, 9.17) is 5.10 Å². The molecule has 22 heavy (non-hydrogen) atoms. The Labute approximate surface area is 131 Å². The average molecular weight is 307 g/mol. The number of para-hydroxylation sites is 2. The van der Waals surface area contributed by atoms with Crippen LogP contribution in [0, 0.1) is 0 Å². The van der Waals surface area contributed by atoms with Crippen LogP contribution in [-0.4, -0.2) is 19.9 Å². The van der Waals surface area contributed by atoms with E-state index >= 15 is 0 Å². The van der Waals surface area contributed by atoms with E-state index < -0.39 is 0 Å². The number of hydrogen-bond donors (Lipinski definition) is 1. The minimum absolute atomic E-state index is 0.0397. The third-order valence-electron chi connectivity index (χ3n) is 3.52. The Bertz CT molecular complexity index is 927. The molecule has 0 aliphatic heterocycles. The first-order valence-electron chi connectivity index (χ1n) is 6.95. The third kappa shape index (κ3) is 2.11. The number of aliphatic hydroxyl groups excluding tert-OH is 1. The molecular formula is C17H13N3OS. The van der Waals surface area contributed by atoms with E-state index in [1.165, 1.54) is 11.3 Å². The van der Waals surface area contributed by atoms with Gasteiger partial charge in [-0.25, -0.2) is 9.67 Å². The van der Waals surface area contributed by atoms with Crippen molar-refractivity contribution in [2.75, 3.05) is 0 Å². The van der Waals surface area contributed by atoms with E-state index in [1.807, 2.05) is 52.5 Å². The lowest BCUT2D eigenvalue weighted by molar-refractivity contribution is 0.281. The molecule has 0 atom stereocenters. The summed E-state index contributed by atoms with van der Waals surface area (Å²) >= 11 is 1.45. The summed E-state index contributed by atoms with van der Waals surface area (Å²) in [5.74, 6) is 0. The lowest BCUT2D eigenvalue weighted by Crippen LogP contribution is -1.95. The first-order valence-corrected chi connectivity index (χ1v) is 7.83. The lowest BCUT2D eigenvalue weighted by Gasteiger charge is -2.01. The number of rotatable bonds is 3. The van der Waals surface area contributed by atoms with Gasteiger partial charge < -0.3 is 5.11 Å². The topological polar surface area (TPSA) is 50.9 Å². The highest BCUT2D eigenvalue weighted by atomic mass is 32.1. The first kappa shape index (κ1) is 13.2. The molecule has 2 heterocycles. The fraction of sp³-hybridized carbons (Fsp3) is 0.0588. The maximum absolute atomic E-state index is 9.22. The van der Waals surface area contributed by atoms with Gasteiger partial charge in [0.25, 0.3) is 0 Å². The van der Waals surface area contributed by atoms with Gasteiger partial charge in [0.2, 0.25) is 0 Å². The molecular weight excluding hydrogens is 294 g/mol. The molecule has 0 unspecified atom stereocenters. The number of fused-ring (bicyclic) bond motifs is 1. The summed E-state index contributed by atoms with van der Waals surface area (Å²) < 4.78 is 1.93. The van der Waals surface area contributed by atoms with Crippen LogP contribution in [0.15, 0.2) is 60.0 Å². The molecule has 0 spiro atoms. The zero-order valence-corrected chi connectivity index (χ0v) is 12.5. The fourth-order valence-corrected chi connectivity index (χ4v) is 3.15. The van der Waals surface area contributed by atoms with Gasteiger partial charge in [0.05, 0.1) is 17.8 Å².